The molecule has 1 saturated carbocycles. The third-order valence-corrected chi connectivity index (χ3v) is 6.17. The molecule has 0 amide bonds. The van der Waals surface area contributed by atoms with Gasteiger partial charge in [0.15, 0.2) is 0 Å². The Balaban J connectivity index is 2.01. The lowest BCUT2D eigenvalue weighted by atomic mass is 9.92. The van der Waals surface area contributed by atoms with Crippen molar-refractivity contribution in [3.05, 3.63) is 0 Å². The van der Waals surface area contributed by atoms with E-state index < -0.39 is 10.2 Å². The molecule has 2 fully saturated rings. The highest BCUT2D eigenvalue weighted by Gasteiger charge is 2.37. The number of nitrogens with one attached hydrogen (secondary N) is 1. The van der Waals surface area contributed by atoms with Crippen LogP contribution in [-0.2, 0) is 10.2 Å². The summed E-state index contributed by atoms with van der Waals surface area (Å²) in [5.74, 6) is 0. The lowest BCUT2D eigenvalue weighted by Crippen LogP contribution is -2.53. The average molecular weight is 289 g/mol. The van der Waals surface area contributed by atoms with Crippen LogP contribution in [-0.4, -0.2) is 37.9 Å². The minimum absolute atomic E-state index is 0.0272. The molecule has 112 valence electrons. The molecule has 3 N–H and O–H groups in total. The van der Waals surface area contributed by atoms with E-state index in [4.69, 9.17) is 5.73 Å². The molecule has 1 heterocycles. The van der Waals surface area contributed by atoms with Crippen molar-refractivity contribution >= 4 is 10.2 Å². The Labute approximate surface area is 117 Å². The maximum absolute atomic E-state index is 12.5. The minimum Gasteiger partial charge on any atom is -0.329 e. The van der Waals surface area contributed by atoms with Gasteiger partial charge in [0.05, 0.1) is 0 Å². The molecule has 2 rings (SSSR count). The summed E-state index contributed by atoms with van der Waals surface area (Å²) in [4.78, 5) is 0. The van der Waals surface area contributed by atoms with E-state index in [1.807, 2.05) is 0 Å². The van der Waals surface area contributed by atoms with Gasteiger partial charge in [-0.3, -0.25) is 0 Å². The summed E-state index contributed by atoms with van der Waals surface area (Å²) >= 11 is 0. The van der Waals surface area contributed by atoms with E-state index in [-0.39, 0.29) is 17.5 Å². The lowest BCUT2D eigenvalue weighted by molar-refractivity contribution is 0.252. The minimum atomic E-state index is -3.37. The van der Waals surface area contributed by atoms with Crippen LogP contribution in [0.2, 0.25) is 0 Å². The van der Waals surface area contributed by atoms with Crippen LogP contribution < -0.4 is 10.5 Å². The van der Waals surface area contributed by atoms with Crippen molar-refractivity contribution < 1.29 is 8.42 Å². The third-order valence-electron chi connectivity index (χ3n) is 4.44. The van der Waals surface area contributed by atoms with Gasteiger partial charge >= 0.3 is 0 Å². The zero-order valence-electron chi connectivity index (χ0n) is 12.1. The third kappa shape index (κ3) is 3.68. The van der Waals surface area contributed by atoms with Crippen LogP contribution in [0.3, 0.4) is 0 Å². The van der Waals surface area contributed by atoms with E-state index in [1.54, 1.807) is 4.31 Å². The van der Waals surface area contributed by atoms with E-state index >= 15 is 0 Å². The fraction of sp³-hybridized carbons (Fsp3) is 1.00. The number of rotatable bonds is 4. The van der Waals surface area contributed by atoms with Crippen LogP contribution in [0.1, 0.15) is 52.4 Å². The number of nitrogens with zero attached hydrogens (tertiary/aromatic N) is 1. The number of hydrogen-bond acceptors (Lipinski definition) is 3. The SMILES string of the molecule is CC1(C)CCC(NS(=O)(=O)N2CCCCC2CN)C1. The molecule has 0 aromatic rings. The fourth-order valence-electron chi connectivity index (χ4n) is 3.34. The van der Waals surface area contributed by atoms with Crippen molar-refractivity contribution in [2.75, 3.05) is 13.1 Å². The van der Waals surface area contributed by atoms with Crippen LogP contribution >= 0.6 is 0 Å². The second-order valence-electron chi connectivity index (χ2n) is 6.72. The zero-order chi connectivity index (χ0) is 14.1. The quantitative estimate of drug-likeness (QED) is 0.817. The molecule has 1 aliphatic heterocycles. The predicted octanol–water partition coefficient (Wildman–Crippen LogP) is 1.21. The largest absolute Gasteiger partial charge is 0.329 e. The summed E-state index contributed by atoms with van der Waals surface area (Å²) < 4.78 is 29.4. The topological polar surface area (TPSA) is 75.4 Å². The molecule has 0 bridgehead atoms. The molecular weight excluding hydrogens is 262 g/mol. The second kappa shape index (κ2) is 5.68. The molecule has 1 aliphatic carbocycles. The first-order valence-electron chi connectivity index (χ1n) is 7.33. The lowest BCUT2D eigenvalue weighted by Gasteiger charge is -2.34. The van der Waals surface area contributed by atoms with Crippen LogP contribution in [0.4, 0.5) is 0 Å². The Bertz CT molecular complexity index is 408. The Morgan fingerprint density at radius 3 is 2.63 bits per heavy atom. The van der Waals surface area contributed by atoms with Gasteiger partial charge in [-0.1, -0.05) is 20.3 Å². The number of nitrogens with two attached hydrogens (primary N) is 1. The molecule has 0 radical (unpaired) electrons. The zero-order valence-corrected chi connectivity index (χ0v) is 12.9. The molecule has 1 saturated heterocycles. The van der Waals surface area contributed by atoms with Crippen molar-refractivity contribution in [3.63, 3.8) is 0 Å². The first-order valence-corrected chi connectivity index (χ1v) is 8.77. The molecule has 0 aromatic heterocycles. The predicted molar refractivity (Wildman–Crippen MR) is 76.9 cm³/mol. The molecule has 6 heteroatoms. The van der Waals surface area contributed by atoms with Crippen molar-refractivity contribution in [2.24, 2.45) is 11.1 Å². The summed E-state index contributed by atoms with van der Waals surface area (Å²) in [7, 11) is -3.37. The van der Waals surface area contributed by atoms with Gasteiger partial charge in [0, 0.05) is 25.2 Å². The van der Waals surface area contributed by atoms with E-state index in [1.165, 1.54) is 0 Å². The first kappa shape index (κ1) is 15.2. The highest BCUT2D eigenvalue weighted by molar-refractivity contribution is 7.87. The van der Waals surface area contributed by atoms with E-state index in [2.05, 4.69) is 18.6 Å². The smallest absolute Gasteiger partial charge is 0.279 e. The van der Waals surface area contributed by atoms with E-state index in [9.17, 15) is 8.42 Å². The number of hydrogen-bond donors (Lipinski definition) is 2. The van der Waals surface area contributed by atoms with Crippen molar-refractivity contribution in [3.8, 4) is 0 Å². The van der Waals surface area contributed by atoms with Crippen LogP contribution in [0, 0.1) is 5.41 Å². The maximum atomic E-state index is 12.5. The summed E-state index contributed by atoms with van der Waals surface area (Å²) in [5.41, 5.74) is 5.96. The normalized spacial score (nSPS) is 32.6. The van der Waals surface area contributed by atoms with Crippen molar-refractivity contribution in [2.45, 2.75) is 64.5 Å². The highest BCUT2D eigenvalue weighted by Crippen LogP contribution is 2.37. The summed E-state index contributed by atoms with van der Waals surface area (Å²) in [6.07, 6.45) is 5.84. The van der Waals surface area contributed by atoms with Gasteiger partial charge in [0.1, 0.15) is 0 Å². The van der Waals surface area contributed by atoms with Gasteiger partial charge in [-0.2, -0.15) is 17.4 Å². The van der Waals surface area contributed by atoms with E-state index in [0.29, 0.717) is 13.1 Å². The Hall–Kier alpha value is -0.170. The summed E-state index contributed by atoms with van der Waals surface area (Å²) in [5, 5.41) is 0. The van der Waals surface area contributed by atoms with Crippen LogP contribution in [0.25, 0.3) is 0 Å². The monoisotopic (exact) mass is 289 g/mol. The van der Waals surface area contributed by atoms with Crippen molar-refractivity contribution in [1.29, 1.82) is 0 Å². The molecule has 2 aliphatic rings. The molecule has 5 nitrogen and oxygen atoms in total. The van der Waals surface area contributed by atoms with Crippen LogP contribution in [0.5, 0.6) is 0 Å². The second-order valence-corrected chi connectivity index (χ2v) is 8.38. The van der Waals surface area contributed by atoms with Gasteiger partial charge in [0.2, 0.25) is 0 Å². The summed E-state index contributed by atoms with van der Waals surface area (Å²) in [6, 6.07) is 0.0565. The van der Waals surface area contributed by atoms with Gasteiger partial charge in [-0.25, -0.2) is 0 Å². The van der Waals surface area contributed by atoms with Gasteiger partial charge in [0.25, 0.3) is 10.2 Å². The highest BCUT2D eigenvalue weighted by atomic mass is 32.2. The van der Waals surface area contributed by atoms with Gasteiger partial charge in [-0.05, 0) is 37.5 Å². The molecule has 19 heavy (non-hydrogen) atoms. The standard InChI is InChI=1S/C13H27N3O2S/c1-13(2)7-6-11(9-13)15-19(17,18)16-8-4-3-5-12(16)10-14/h11-12,15H,3-10,14H2,1-2H3. The first-order chi connectivity index (χ1) is 8.84. The molecule has 2 unspecified atom stereocenters. The molecule has 0 aromatic carbocycles. The van der Waals surface area contributed by atoms with E-state index in [0.717, 1.165) is 38.5 Å². The molecular formula is C13H27N3O2S. The number of piperidine rings is 1. The molecule has 2 atom stereocenters. The Morgan fingerprint density at radius 1 is 1.32 bits per heavy atom. The maximum Gasteiger partial charge on any atom is 0.279 e. The summed E-state index contributed by atoms with van der Waals surface area (Å²) in [6.45, 7) is 5.42. The van der Waals surface area contributed by atoms with Gasteiger partial charge in [-0.15, -0.1) is 0 Å². The van der Waals surface area contributed by atoms with Crippen molar-refractivity contribution in [1.82, 2.24) is 9.03 Å². The average Bonchev–Trinajstić information content (AvgIpc) is 2.67. The van der Waals surface area contributed by atoms with Gasteiger partial charge < -0.3 is 5.73 Å². The molecule has 0 spiro atoms. The Kier molecular flexibility index (Phi) is 4.55. The van der Waals surface area contributed by atoms with Crippen LogP contribution in [0.15, 0.2) is 0 Å². The fourth-order valence-corrected chi connectivity index (χ4v) is 5.05. The Morgan fingerprint density at radius 2 is 2.05 bits per heavy atom.